The lowest BCUT2D eigenvalue weighted by Crippen LogP contribution is -2.48. The van der Waals surface area contributed by atoms with Gasteiger partial charge in [-0.1, -0.05) is 89.7 Å². The SMILES string of the molecule is C=C(O[Si](C)(C)C)/C(=C/OCC)C(=O)OCC.CCOC(=O)C1=CN2C(CC1=O)c1cc(OC)c(OCCCOC)cc1OC[C@H]2C(C)(C)C.CCOC(=O)c1cn2c(cc1=O)-c1cc(OC)c(OCCCOC)cc1OC[C@H]2C(C)(C)C.COCCCOc1cc2c(cc1OC)-c1cc(=O)c(C(=O)O)cn1[C@H](C(C)(C)C)CO2.COCCCOc1cc2c(cc1OC)C=NC(C(C)(C)C)CO2.I. The van der Waals surface area contributed by atoms with E-state index in [9.17, 15) is 38.7 Å². The number of carbonyl (C=O) groups excluding carboxylic acids is 4. The molecule has 33 nitrogen and oxygen atoms in total. The largest absolute Gasteiger partial charge is 0.544 e. The first-order chi connectivity index (χ1) is 64.8. The average molecular weight is 2060 g/mol. The molecule has 35 heteroatoms. The Morgan fingerprint density at radius 3 is 1.29 bits per heavy atom. The molecular weight excluding hydrogens is 1910 g/mol. The van der Waals surface area contributed by atoms with Crippen LogP contribution in [0.2, 0.25) is 19.6 Å². The molecule has 6 aromatic rings. The molecule has 5 aliphatic heterocycles. The van der Waals surface area contributed by atoms with E-state index in [1.54, 1.807) is 114 Å². The number of hydrogen-bond donors (Lipinski definition) is 1. The number of carbonyl (C=O) groups is 5. The van der Waals surface area contributed by atoms with Gasteiger partial charge in [0.1, 0.15) is 83.7 Å². The number of methoxy groups -OCH3 is 8. The first kappa shape index (κ1) is 116. The predicted molar refractivity (Wildman–Crippen MR) is 540 cm³/mol. The number of Topliss-reactive ketones (excluding diaryl/α,β-unsaturated/α-hetero) is 1. The van der Waals surface area contributed by atoms with Gasteiger partial charge in [0, 0.05) is 170 Å². The number of fused-ring (bicyclic) bond motifs is 10. The molecule has 764 valence electrons. The van der Waals surface area contributed by atoms with E-state index in [0.717, 1.165) is 42.6 Å². The number of pyridine rings is 2. The number of nitrogens with zero attached hydrogens (tertiary/aromatic N) is 4. The van der Waals surface area contributed by atoms with E-state index in [4.69, 9.17) is 99.2 Å². The third kappa shape index (κ3) is 32.3. The van der Waals surface area contributed by atoms with E-state index in [1.807, 2.05) is 87.0 Å². The fourth-order valence-electron chi connectivity index (χ4n) is 15.0. The van der Waals surface area contributed by atoms with E-state index in [-0.39, 0.29) is 124 Å². The molecular formula is C103H147IN4O29Si. The predicted octanol–water partition coefficient (Wildman–Crippen LogP) is 18.2. The number of carboxylic acid groups (broad SMARTS) is 1. The van der Waals surface area contributed by atoms with Crippen molar-refractivity contribution in [2.24, 2.45) is 26.7 Å². The smallest absolute Gasteiger partial charge is 0.345 e. The third-order valence-corrected chi connectivity index (χ3v) is 23.2. The molecule has 138 heavy (non-hydrogen) atoms. The Labute approximate surface area is 830 Å². The van der Waals surface area contributed by atoms with E-state index in [0.29, 0.717) is 184 Å². The molecule has 0 aliphatic carbocycles. The number of ether oxygens (including phenoxy) is 20. The van der Waals surface area contributed by atoms with Crippen molar-refractivity contribution < 1.29 is 128 Å². The van der Waals surface area contributed by atoms with Gasteiger partial charge in [0.05, 0.1) is 123 Å². The number of esters is 3. The molecule has 2 aromatic heterocycles. The molecule has 1 N–H and O–H groups in total. The minimum absolute atomic E-state index is 0. The van der Waals surface area contributed by atoms with Crippen LogP contribution in [0.4, 0.5) is 0 Å². The molecule has 7 heterocycles. The first-order valence-corrected chi connectivity index (χ1v) is 49.7. The Morgan fingerprint density at radius 1 is 0.478 bits per heavy atom. The number of benzene rings is 4. The van der Waals surface area contributed by atoms with E-state index >= 15 is 0 Å². The zero-order chi connectivity index (χ0) is 101. The van der Waals surface area contributed by atoms with Crippen LogP contribution in [0.1, 0.15) is 193 Å². The third-order valence-electron chi connectivity index (χ3n) is 22.3. The summed E-state index contributed by atoms with van der Waals surface area (Å²) in [6.45, 7) is 49.3. The molecule has 0 amide bonds. The van der Waals surface area contributed by atoms with Crippen molar-refractivity contribution in [1.82, 2.24) is 14.0 Å². The quantitative estimate of drug-likeness (QED) is 0.00439. The second-order valence-electron chi connectivity index (χ2n) is 37.8. The summed E-state index contributed by atoms with van der Waals surface area (Å²) in [6.07, 6.45) is 11.0. The summed E-state index contributed by atoms with van der Waals surface area (Å²) in [5.74, 6) is 4.32. The average Bonchev–Trinajstić information content (AvgIpc) is 1.54. The molecule has 5 atom stereocenters. The number of halogens is 1. The molecule has 0 spiro atoms. The van der Waals surface area contributed by atoms with E-state index in [2.05, 4.69) is 78.8 Å². The van der Waals surface area contributed by atoms with Crippen LogP contribution >= 0.6 is 24.0 Å². The summed E-state index contributed by atoms with van der Waals surface area (Å²) in [4.78, 5) is 93.3. The maximum atomic E-state index is 13.0. The lowest BCUT2D eigenvalue weighted by atomic mass is 9.83. The Hall–Kier alpha value is -11.0. The normalized spacial score (nSPS) is 16.2. The minimum Gasteiger partial charge on any atom is -0.544 e. The Morgan fingerprint density at radius 2 is 0.877 bits per heavy atom. The number of hydrogen-bond acceptors (Lipinski definition) is 30. The maximum absolute atomic E-state index is 13.0. The van der Waals surface area contributed by atoms with Gasteiger partial charge in [0.25, 0.3) is 0 Å². The van der Waals surface area contributed by atoms with Crippen LogP contribution in [0, 0.1) is 21.7 Å². The van der Waals surface area contributed by atoms with Crippen molar-refractivity contribution >= 4 is 68.2 Å². The molecule has 4 aromatic carbocycles. The summed E-state index contributed by atoms with van der Waals surface area (Å²) in [5.41, 5.74) is 2.79. The van der Waals surface area contributed by atoms with Crippen LogP contribution in [0.15, 0.2) is 124 Å². The highest BCUT2D eigenvalue weighted by Gasteiger charge is 2.45. The van der Waals surface area contributed by atoms with Gasteiger partial charge in [-0.15, -0.1) is 24.0 Å². The fourth-order valence-corrected chi connectivity index (χ4v) is 15.8. The van der Waals surface area contributed by atoms with Gasteiger partial charge in [-0.05, 0) is 93.3 Å². The second-order valence-corrected chi connectivity index (χ2v) is 42.2. The Balaban J connectivity index is 0.000000269. The topological polar surface area (TPSA) is 359 Å². The summed E-state index contributed by atoms with van der Waals surface area (Å²) < 4.78 is 120. The van der Waals surface area contributed by atoms with Gasteiger partial charge < -0.3 is 118 Å². The van der Waals surface area contributed by atoms with Gasteiger partial charge in [-0.25, -0.2) is 19.2 Å². The van der Waals surface area contributed by atoms with Crippen molar-refractivity contribution in [2.75, 3.05) is 163 Å². The zero-order valence-corrected chi connectivity index (χ0v) is 89.0. The molecule has 11 rings (SSSR count). The highest BCUT2D eigenvalue weighted by Crippen LogP contribution is 2.51. The van der Waals surface area contributed by atoms with Crippen molar-refractivity contribution in [2.45, 2.75) is 193 Å². The van der Waals surface area contributed by atoms with Gasteiger partial charge in [0.15, 0.2) is 62.6 Å². The van der Waals surface area contributed by atoms with E-state index in [1.165, 1.54) is 24.6 Å². The molecule has 0 fully saturated rings. The number of aromatic carboxylic acids is 1. The Bertz CT molecular complexity index is 5280. The molecule has 0 saturated carbocycles. The molecule has 5 aliphatic rings. The summed E-state index contributed by atoms with van der Waals surface area (Å²) in [5, 5.41) is 9.47. The van der Waals surface area contributed by atoms with Crippen LogP contribution in [0.25, 0.3) is 22.5 Å². The van der Waals surface area contributed by atoms with Crippen molar-refractivity contribution in [1.29, 1.82) is 0 Å². The maximum Gasteiger partial charge on any atom is 0.345 e. The first-order valence-electron chi connectivity index (χ1n) is 46.3. The summed E-state index contributed by atoms with van der Waals surface area (Å²) >= 11 is 0. The van der Waals surface area contributed by atoms with Gasteiger partial charge >= 0.3 is 23.9 Å². The van der Waals surface area contributed by atoms with Gasteiger partial charge in [-0.3, -0.25) is 19.4 Å². The monoisotopic (exact) mass is 2060 g/mol. The Kier molecular flexibility index (Phi) is 45.3. The van der Waals surface area contributed by atoms with Crippen molar-refractivity contribution in [3.8, 4) is 91.5 Å². The zero-order valence-electron chi connectivity index (χ0n) is 85.7. The van der Waals surface area contributed by atoms with Crippen LogP contribution in [-0.2, 0) is 56.7 Å². The fraction of sp³-hybridized carbons (Fsp3) is 0.553. The van der Waals surface area contributed by atoms with Gasteiger partial charge in [0.2, 0.25) is 8.32 Å². The summed E-state index contributed by atoms with van der Waals surface area (Å²) in [6, 6.07) is 16.8. The lowest BCUT2D eigenvalue weighted by molar-refractivity contribution is -0.141. The molecule has 0 radical (unpaired) electrons. The summed E-state index contributed by atoms with van der Waals surface area (Å²) in [7, 11) is 11.2. The number of rotatable bonds is 36. The van der Waals surface area contributed by atoms with Crippen LogP contribution in [0.5, 0.6) is 69.0 Å². The molecule has 2 unspecified atom stereocenters. The van der Waals surface area contributed by atoms with Crippen LogP contribution in [0.3, 0.4) is 0 Å². The number of aliphatic imine (C=N–C) groups is 1. The second kappa shape index (κ2) is 54.0. The van der Waals surface area contributed by atoms with Crippen molar-refractivity contribution in [3.63, 3.8) is 0 Å². The number of aromatic nitrogens is 2. The molecule has 0 saturated heterocycles. The number of ketones is 1. The minimum atomic E-state index is -1.79. The van der Waals surface area contributed by atoms with Gasteiger partial charge in [-0.2, -0.15) is 0 Å². The van der Waals surface area contributed by atoms with Crippen LogP contribution in [-0.4, -0.2) is 238 Å². The highest BCUT2D eigenvalue weighted by atomic mass is 127. The van der Waals surface area contributed by atoms with Crippen LogP contribution < -0.4 is 67.7 Å². The van der Waals surface area contributed by atoms with E-state index < -0.39 is 43.1 Å². The number of carboxylic acids is 1. The molecule has 0 bridgehead atoms. The lowest BCUT2D eigenvalue weighted by Gasteiger charge is -2.43. The van der Waals surface area contributed by atoms with Crippen molar-refractivity contribution in [3.05, 3.63) is 152 Å². The highest BCUT2D eigenvalue weighted by molar-refractivity contribution is 14.0. The standard InChI is InChI=1S/C25H35NO7.C25H33NO7.C23H29NO7.C18H27NO4.C12H22O4Si.HI/c2*1-7-31-24(28)17-14-26-18(12-19(17)27)16-11-21(30-6)22(32-10-8-9-29-5)13-20(16)33-15-23(26)25(2,3)4;1-23(2,3)21-13-31-18-11-20(30-8-6-7-28-4)19(29-5)9-14(18)16-10-17(25)15(22(26)27)12-24(16)21;1-18(2,3)17-12-23-14-10-16(22-8-6-7-20-4)15(21-5)9-13(14)11-19-17;1-7-14-9-11(12(13)15-8-2)10(3)16-17(4,5)6;/h11,13-14,18,23H,7-10,12,15H2,1-6H3;11-14,23H,7-10,15H2,1-6H3;9-12,21H,6-8,13H2,1-5H3,(H,26,27);9-11,17H,6-8,12H2,1-5H3;9H,3,7-8H2,1-2,4-6H3;1H/b;;;;11-9-;/t18?,23-;23-;21-;;;/m000.../s1.